The molecular formula is C19H31O. The fraction of sp³-hybridized carbons (Fsp3) is 0.632. The van der Waals surface area contributed by atoms with Crippen LogP contribution < -0.4 is 0 Å². The number of rotatable bonds is 2. The van der Waals surface area contributed by atoms with Crippen molar-refractivity contribution in [3.8, 4) is 5.75 Å². The Labute approximate surface area is 125 Å². The van der Waals surface area contributed by atoms with Crippen molar-refractivity contribution in [3.63, 3.8) is 0 Å². The molecule has 1 aromatic rings. The highest BCUT2D eigenvalue weighted by Gasteiger charge is 2.27. The Kier molecular flexibility index (Phi) is 4.35. The molecule has 0 aliphatic carbocycles. The van der Waals surface area contributed by atoms with Crippen LogP contribution in [-0.4, -0.2) is 5.11 Å². The third-order valence-electron chi connectivity index (χ3n) is 3.47. The number of benzene rings is 1. The van der Waals surface area contributed by atoms with Crippen LogP contribution in [0.4, 0.5) is 0 Å². The lowest BCUT2D eigenvalue weighted by molar-refractivity contribution is 0.419. The van der Waals surface area contributed by atoms with Crippen molar-refractivity contribution in [2.75, 3.05) is 0 Å². The lowest BCUT2D eigenvalue weighted by Gasteiger charge is -2.29. The molecule has 0 saturated carbocycles. The molecule has 0 saturated heterocycles. The Bertz CT molecular complexity index is 441. The van der Waals surface area contributed by atoms with E-state index in [9.17, 15) is 5.11 Å². The first-order chi connectivity index (χ1) is 8.72. The normalized spacial score (nSPS) is 13.7. The van der Waals surface area contributed by atoms with Gasteiger partial charge in [-0.2, -0.15) is 0 Å². The van der Waals surface area contributed by atoms with E-state index in [1.165, 1.54) is 5.56 Å². The van der Waals surface area contributed by atoms with Gasteiger partial charge in [0.1, 0.15) is 5.75 Å². The zero-order valence-electron chi connectivity index (χ0n) is 14.5. The van der Waals surface area contributed by atoms with Crippen LogP contribution in [0.1, 0.15) is 72.1 Å². The first kappa shape index (κ1) is 17.1. The lowest BCUT2D eigenvalue weighted by Crippen LogP contribution is -2.19. The van der Waals surface area contributed by atoms with Crippen LogP contribution in [0, 0.1) is 12.3 Å². The highest BCUT2D eigenvalue weighted by Crippen LogP contribution is 2.40. The van der Waals surface area contributed by atoms with E-state index < -0.39 is 0 Å². The van der Waals surface area contributed by atoms with E-state index >= 15 is 0 Å². The molecule has 0 fully saturated rings. The maximum Gasteiger partial charge on any atom is 0.123 e. The molecular weight excluding hydrogens is 244 g/mol. The molecule has 1 nitrogen and oxygen atoms in total. The minimum atomic E-state index is -0.0641. The van der Waals surface area contributed by atoms with Crippen molar-refractivity contribution in [3.05, 3.63) is 35.7 Å². The average molecular weight is 275 g/mol. The van der Waals surface area contributed by atoms with Crippen LogP contribution >= 0.6 is 0 Å². The summed E-state index contributed by atoms with van der Waals surface area (Å²) >= 11 is 0. The standard InChI is InChI=1S/C19H31O/c1-17(2,3)12-13-10-14(18(4,5)6)16(20)15(11-13)19(7,8)9/h10-11,20H,1,12H2,2-9H3. The number of phenols is 1. The molecule has 0 aliphatic heterocycles. The summed E-state index contributed by atoms with van der Waals surface area (Å²) in [6.45, 7) is 21.4. The summed E-state index contributed by atoms with van der Waals surface area (Å²) in [7, 11) is 0. The molecule has 0 unspecified atom stereocenters. The van der Waals surface area contributed by atoms with Gasteiger partial charge in [-0.25, -0.2) is 0 Å². The summed E-state index contributed by atoms with van der Waals surface area (Å²) in [6, 6.07) is 4.30. The maximum absolute atomic E-state index is 10.7. The number of phenolic OH excluding ortho intramolecular Hbond substituents is 1. The first-order valence-corrected chi connectivity index (χ1v) is 7.44. The first-order valence-electron chi connectivity index (χ1n) is 7.44. The SMILES string of the molecule is [CH2]C(C)(C)Cc1cc(C(C)(C)C)c(O)c(C(C)(C)C)c1. The van der Waals surface area contributed by atoms with Gasteiger partial charge >= 0.3 is 0 Å². The van der Waals surface area contributed by atoms with E-state index in [1.54, 1.807) is 0 Å². The third-order valence-corrected chi connectivity index (χ3v) is 3.47. The zero-order chi connectivity index (χ0) is 15.9. The average Bonchev–Trinajstić information content (AvgIpc) is 2.14. The summed E-state index contributed by atoms with van der Waals surface area (Å²) in [5, 5.41) is 10.7. The van der Waals surface area contributed by atoms with Gasteiger partial charge in [-0.1, -0.05) is 67.5 Å². The van der Waals surface area contributed by atoms with Gasteiger partial charge in [0.25, 0.3) is 0 Å². The van der Waals surface area contributed by atoms with Crippen LogP contribution in [0.25, 0.3) is 0 Å². The van der Waals surface area contributed by atoms with Gasteiger partial charge in [0.2, 0.25) is 0 Å². The molecule has 0 spiro atoms. The summed E-state index contributed by atoms with van der Waals surface area (Å²) in [5.74, 6) is 0.454. The summed E-state index contributed by atoms with van der Waals surface area (Å²) in [6.07, 6.45) is 0.916. The van der Waals surface area contributed by atoms with Gasteiger partial charge in [0.15, 0.2) is 0 Å². The minimum Gasteiger partial charge on any atom is -0.507 e. The van der Waals surface area contributed by atoms with E-state index in [0.29, 0.717) is 5.75 Å². The van der Waals surface area contributed by atoms with Gasteiger partial charge in [-0.3, -0.25) is 0 Å². The molecule has 1 aromatic carbocycles. The van der Waals surface area contributed by atoms with Crippen LogP contribution in [0.5, 0.6) is 5.75 Å². The van der Waals surface area contributed by atoms with Crippen LogP contribution in [0.2, 0.25) is 0 Å². The Balaban J connectivity index is 3.51. The molecule has 0 aliphatic rings. The molecule has 1 N–H and O–H groups in total. The number of aromatic hydroxyl groups is 1. The second kappa shape index (κ2) is 5.09. The topological polar surface area (TPSA) is 20.2 Å². The summed E-state index contributed by atoms with van der Waals surface area (Å²) < 4.78 is 0. The van der Waals surface area contributed by atoms with Crippen molar-refractivity contribution < 1.29 is 5.11 Å². The van der Waals surface area contributed by atoms with Gasteiger partial charge < -0.3 is 5.11 Å². The van der Waals surface area contributed by atoms with Crippen LogP contribution in [0.3, 0.4) is 0 Å². The van der Waals surface area contributed by atoms with Crippen molar-refractivity contribution in [1.82, 2.24) is 0 Å². The number of hydrogen-bond donors (Lipinski definition) is 1. The predicted molar refractivity (Wildman–Crippen MR) is 88.3 cm³/mol. The van der Waals surface area contributed by atoms with E-state index in [0.717, 1.165) is 17.5 Å². The highest BCUT2D eigenvalue weighted by atomic mass is 16.3. The van der Waals surface area contributed by atoms with E-state index in [2.05, 4.69) is 74.4 Å². The fourth-order valence-electron chi connectivity index (χ4n) is 2.49. The molecule has 113 valence electrons. The zero-order valence-corrected chi connectivity index (χ0v) is 14.5. The second-order valence-electron chi connectivity index (χ2n) is 8.88. The maximum atomic E-state index is 10.7. The summed E-state index contributed by atoms with van der Waals surface area (Å²) in [4.78, 5) is 0. The molecule has 0 atom stereocenters. The summed E-state index contributed by atoms with van der Waals surface area (Å²) in [5.41, 5.74) is 3.20. The van der Waals surface area contributed by atoms with Crippen LogP contribution in [-0.2, 0) is 17.3 Å². The van der Waals surface area contributed by atoms with Crippen molar-refractivity contribution in [1.29, 1.82) is 0 Å². The quantitative estimate of drug-likeness (QED) is 0.767. The molecule has 0 bridgehead atoms. The van der Waals surface area contributed by atoms with Crippen molar-refractivity contribution in [2.24, 2.45) is 5.41 Å². The second-order valence-corrected chi connectivity index (χ2v) is 8.88. The molecule has 0 aromatic heterocycles. The van der Waals surface area contributed by atoms with Gasteiger partial charge in [0.05, 0.1) is 0 Å². The Hall–Kier alpha value is -0.980. The minimum absolute atomic E-state index is 0.00127. The smallest absolute Gasteiger partial charge is 0.123 e. The largest absolute Gasteiger partial charge is 0.507 e. The van der Waals surface area contributed by atoms with Gasteiger partial charge in [-0.05, 0) is 46.3 Å². The lowest BCUT2D eigenvalue weighted by atomic mass is 9.76. The molecule has 0 amide bonds. The van der Waals surface area contributed by atoms with Gasteiger partial charge in [0, 0.05) is 0 Å². The Morgan fingerprint density at radius 2 is 1.20 bits per heavy atom. The predicted octanol–water partition coefficient (Wildman–Crippen LogP) is 5.39. The third kappa shape index (κ3) is 4.26. The van der Waals surface area contributed by atoms with E-state index in [4.69, 9.17) is 0 Å². The Morgan fingerprint density at radius 3 is 1.45 bits per heavy atom. The van der Waals surface area contributed by atoms with Crippen molar-refractivity contribution >= 4 is 0 Å². The molecule has 1 radical (unpaired) electrons. The van der Waals surface area contributed by atoms with Gasteiger partial charge in [-0.15, -0.1) is 0 Å². The molecule has 1 heteroatoms. The highest BCUT2D eigenvalue weighted by molar-refractivity contribution is 5.50. The molecule has 0 heterocycles. The van der Waals surface area contributed by atoms with Crippen LogP contribution in [0.15, 0.2) is 12.1 Å². The van der Waals surface area contributed by atoms with Crippen molar-refractivity contribution in [2.45, 2.75) is 72.6 Å². The van der Waals surface area contributed by atoms with E-state index in [1.807, 2.05) is 0 Å². The molecule has 1 rings (SSSR count). The monoisotopic (exact) mass is 275 g/mol. The fourth-order valence-corrected chi connectivity index (χ4v) is 2.49. The van der Waals surface area contributed by atoms with E-state index in [-0.39, 0.29) is 16.2 Å². The Morgan fingerprint density at radius 1 is 0.850 bits per heavy atom. The molecule has 20 heavy (non-hydrogen) atoms. The number of hydrogen-bond acceptors (Lipinski definition) is 1.